The highest BCUT2D eigenvalue weighted by Gasteiger charge is 2.10. The molecule has 15 heavy (non-hydrogen) atoms. The fourth-order valence-corrected chi connectivity index (χ4v) is 2.07. The largest absolute Gasteiger partial charge is 0.383 e. The zero-order valence-electron chi connectivity index (χ0n) is 8.75. The second kappa shape index (κ2) is 6.10. The molecule has 0 bridgehead atoms. The predicted molar refractivity (Wildman–Crippen MR) is 62.9 cm³/mol. The van der Waals surface area contributed by atoms with Gasteiger partial charge in [0, 0.05) is 18.5 Å². The fourth-order valence-electron chi connectivity index (χ4n) is 1.09. The van der Waals surface area contributed by atoms with Crippen molar-refractivity contribution < 1.29 is 9.53 Å². The van der Waals surface area contributed by atoms with Crippen LogP contribution in [0.25, 0.3) is 0 Å². The molecule has 1 unspecified atom stereocenters. The molecule has 0 saturated carbocycles. The van der Waals surface area contributed by atoms with Crippen LogP contribution in [-0.4, -0.2) is 31.5 Å². The number of alkyl halides is 1. The van der Waals surface area contributed by atoms with E-state index in [4.69, 9.17) is 16.3 Å². The maximum Gasteiger partial charge on any atom is 0.261 e. The second-order valence-corrected chi connectivity index (χ2v) is 5.08. The van der Waals surface area contributed by atoms with E-state index in [1.54, 1.807) is 7.11 Å². The number of thiophene rings is 1. The summed E-state index contributed by atoms with van der Waals surface area (Å²) in [4.78, 5) is 13.4. The summed E-state index contributed by atoms with van der Waals surface area (Å²) < 4.78 is 4.87. The maximum atomic E-state index is 11.6. The van der Waals surface area contributed by atoms with Gasteiger partial charge in [-0.2, -0.15) is 0 Å². The van der Waals surface area contributed by atoms with Crippen molar-refractivity contribution >= 4 is 28.8 Å². The zero-order chi connectivity index (χ0) is 11.3. The summed E-state index contributed by atoms with van der Waals surface area (Å²) in [5, 5.41) is 2.58. The minimum Gasteiger partial charge on any atom is -0.383 e. The number of methoxy groups -OCH3 is 1. The van der Waals surface area contributed by atoms with Crippen LogP contribution in [-0.2, 0) is 4.74 Å². The molecule has 1 aromatic heterocycles. The topological polar surface area (TPSA) is 38.3 Å². The Morgan fingerprint density at radius 3 is 2.93 bits per heavy atom. The van der Waals surface area contributed by atoms with Crippen molar-refractivity contribution in [2.24, 2.45) is 0 Å². The summed E-state index contributed by atoms with van der Waals surface area (Å²) in [6.45, 7) is 2.83. The van der Waals surface area contributed by atoms with Crippen LogP contribution in [0.5, 0.6) is 0 Å². The number of amides is 1. The Kier molecular flexibility index (Phi) is 5.08. The average molecular weight is 248 g/mol. The number of hydrogen-bond donors (Lipinski definition) is 1. The van der Waals surface area contributed by atoms with E-state index in [0.717, 1.165) is 4.88 Å². The van der Waals surface area contributed by atoms with Gasteiger partial charge in [0.25, 0.3) is 5.91 Å². The normalized spacial score (nSPS) is 12.5. The number of carbonyl (C=O) groups excluding carboxylic acids is 1. The van der Waals surface area contributed by atoms with Crippen molar-refractivity contribution in [3.8, 4) is 0 Å². The van der Waals surface area contributed by atoms with Crippen molar-refractivity contribution in [2.75, 3.05) is 20.3 Å². The highest BCUT2D eigenvalue weighted by molar-refractivity contribution is 7.13. The van der Waals surface area contributed by atoms with E-state index >= 15 is 0 Å². The molecule has 1 aromatic rings. The standard InChI is InChI=1S/C10H14ClNO2S/c1-7-3-4-9(15-7)10(13)12-5-8(11)6-14-2/h3-4,8H,5-6H2,1-2H3,(H,12,13). The lowest BCUT2D eigenvalue weighted by atomic mass is 10.4. The van der Waals surface area contributed by atoms with Gasteiger partial charge in [0.2, 0.25) is 0 Å². The van der Waals surface area contributed by atoms with E-state index < -0.39 is 0 Å². The van der Waals surface area contributed by atoms with Crippen LogP contribution in [0.1, 0.15) is 14.5 Å². The van der Waals surface area contributed by atoms with Gasteiger partial charge in [0.05, 0.1) is 16.9 Å². The third-order valence-corrected chi connectivity index (χ3v) is 3.08. The first kappa shape index (κ1) is 12.5. The molecule has 0 radical (unpaired) electrons. The predicted octanol–water partition coefficient (Wildman–Crippen LogP) is 2.04. The molecule has 1 amide bonds. The van der Waals surface area contributed by atoms with Crippen LogP contribution < -0.4 is 5.32 Å². The quantitative estimate of drug-likeness (QED) is 0.809. The summed E-state index contributed by atoms with van der Waals surface area (Å²) in [6.07, 6.45) is 0. The number of aryl methyl sites for hydroxylation is 1. The molecule has 0 fully saturated rings. The van der Waals surface area contributed by atoms with Crippen molar-refractivity contribution in [3.05, 3.63) is 21.9 Å². The lowest BCUT2D eigenvalue weighted by molar-refractivity contribution is 0.0953. The van der Waals surface area contributed by atoms with Crippen LogP contribution in [0.4, 0.5) is 0 Å². The molecule has 84 valence electrons. The minimum atomic E-state index is -0.181. The Morgan fingerprint density at radius 2 is 2.40 bits per heavy atom. The number of ether oxygens (including phenoxy) is 1. The Labute approximate surface area is 98.4 Å². The van der Waals surface area contributed by atoms with Gasteiger partial charge in [-0.3, -0.25) is 4.79 Å². The molecule has 1 heterocycles. The summed E-state index contributed by atoms with van der Waals surface area (Å²) in [6, 6.07) is 3.74. The van der Waals surface area contributed by atoms with Crippen LogP contribution in [0.3, 0.4) is 0 Å². The lowest BCUT2D eigenvalue weighted by Gasteiger charge is -2.08. The zero-order valence-corrected chi connectivity index (χ0v) is 10.3. The molecule has 0 aliphatic heterocycles. The molecule has 5 heteroatoms. The minimum absolute atomic E-state index is 0.0742. The molecule has 0 aliphatic carbocycles. The van der Waals surface area contributed by atoms with Crippen LogP contribution >= 0.6 is 22.9 Å². The first-order chi connectivity index (χ1) is 7.13. The van der Waals surface area contributed by atoms with Gasteiger partial charge in [-0.1, -0.05) is 0 Å². The van der Waals surface area contributed by atoms with Gasteiger partial charge in [0.1, 0.15) is 0 Å². The smallest absolute Gasteiger partial charge is 0.261 e. The molecular weight excluding hydrogens is 234 g/mol. The van der Waals surface area contributed by atoms with Crippen LogP contribution in [0.15, 0.2) is 12.1 Å². The first-order valence-corrected chi connectivity index (χ1v) is 5.86. The first-order valence-electron chi connectivity index (χ1n) is 4.61. The number of rotatable bonds is 5. The maximum absolute atomic E-state index is 11.6. The Balaban J connectivity index is 2.36. The third kappa shape index (κ3) is 4.20. The fraction of sp³-hybridized carbons (Fsp3) is 0.500. The molecule has 0 saturated heterocycles. The number of hydrogen-bond acceptors (Lipinski definition) is 3. The van der Waals surface area contributed by atoms with E-state index in [9.17, 15) is 4.79 Å². The van der Waals surface area contributed by atoms with Crippen molar-refractivity contribution in [2.45, 2.75) is 12.3 Å². The highest BCUT2D eigenvalue weighted by Crippen LogP contribution is 2.14. The van der Waals surface area contributed by atoms with Gasteiger partial charge >= 0.3 is 0 Å². The Morgan fingerprint density at radius 1 is 1.67 bits per heavy atom. The van der Waals surface area contributed by atoms with Gasteiger partial charge in [-0.15, -0.1) is 22.9 Å². The summed E-state index contributed by atoms with van der Waals surface area (Å²) in [7, 11) is 1.58. The SMILES string of the molecule is COCC(Cl)CNC(=O)c1ccc(C)s1. The van der Waals surface area contributed by atoms with Gasteiger partial charge < -0.3 is 10.1 Å². The number of nitrogens with one attached hydrogen (secondary N) is 1. The molecule has 1 atom stereocenters. The number of carbonyl (C=O) groups is 1. The summed E-state index contributed by atoms with van der Waals surface area (Å²) in [5.41, 5.74) is 0. The average Bonchev–Trinajstić information content (AvgIpc) is 2.62. The van der Waals surface area contributed by atoms with Gasteiger partial charge in [-0.05, 0) is 19.1 Å². The van der Waals surface area contributed by atoms with Crippen molar-refractivity contribution in [3.63, 3.8) is 0 Å². The number of halogens is 1. The molecule has 0 aromatic carbocycles. The van der Waals surface area contributed by atoms with E-state index in [2.05, 4.69) is 5.32 Å². The van der Waals surface area contributed by atoms with Crippen LogP contribution in [0.2, 0.25) is 0 Å². The molecule has 0 spiro atoms. The molecule has 1 rings (SSSR count). The van der Waals surface area contributed by atoms with Gasteiger partial charge in [-0.25, -0.2) is 0 Å². The third-order valence-electron chi connectivity index (χ3n) is 1.80. The molecule has 3 nitrogen and oxygen atoms in total. The lowest BCUT2D eigenvalue weighted by Crippen LogP contribution is -2.31. The highest BCUT2D eigenvalue weighted by atomic mass is 35.5. The summed E-state index contributed by atoms with van der Waals surface area (Å²) in [5.74, 6) is -0.0742. The second-order valence-electron chi connectivity index (χ2n) is 3.17. The van der Waals surface area contributed by atoms with Gasteiger partial charge in [0.15, 0.2) is 0 Å². The molecule has 0 aliphatic rings. The van der Waals surface area contributed by atoms with E-state index in [1.807, 2.05) is 19.1 Å². The van der Waals surface area contributed by atoms with E-state index in [0.29, 0.717) is 18.0 Å². The summed E-state index contributed by atoms with van der Waals surface area (Å²) >= 11 is 7.36. The molecule has 1 N–H and O–H groups in total. The Bertz CT molecular complexity index is 327. The Hall–Kier alpha value is -0.580. The van der Waals surface area contributed by atoms with Crippen LogP contribution in [0, 0.1) is 6.92 Å². The molecular formula is C10H14ClNO2S. The van der Waals surface area contributed by atoms with Crippen molar-refractivity contribution in [1.82, 2.24) is 5.32 Å². The van der Waals surface area contributed by atoms with Crippen molar-refractivity contribution in [1.29, 1.82) is 0 Å². The monoisotopic (exact) mass is 247 g/mol. The van der Waals surface area contributed by atoms with E-state index in [1.165, 1.54) is 11.3 Å². The van der Waals surface area contributed by atoms with E-state index in [-0.39, 0.29) is 11.3 Å².